The van der Waals surface area contributed by atoms with E-state index in [1.165, 1.54) is 0 Å². The largest absolute Gasteiger partial charge is 0.460 e. The molecule has 10 heteroatoms. The van der Waals surface area contributed by atoms with Crippen molar-refractivity contribution in [2.75, 3.05) is 31.1 Å². The van der Waals surface area contributed by atoms with Gasteiger partial charge in [-0.3, -0.25) is 19.2 Å². The minimum atomic E-state index is -1.17. The summed E-state index contributed by atoms with van der Waals surface area (Å²) in [4.78, 5) is 58.0. The molecule has 5 rings (SSSR count). The third kappa shape index (κ3) is 6.46. The molecule has 2 N–H and O–H groups in total. The Morgan fingerprint density at radius 3 is 2.67 bits per heavy atom. The van der Waals surface area contributed by atoms with Gasteiger partial charge in [0.1, 0.15) is 17.7 Å². The van der Waals surface area contributed by atoms with Crippen LogP contribution in [0.15, 0.2) is 67.8 Å². The number of fused-ring (bicyclic) bond motifs is 2. The molecule has 3 amide bonds. The molecule has 246 valence electrons. The zero-order valence-corrected chi connectivity index (χ0v) is 26.6. The number of anilines is 1. The number of nitrogens with zero attached hydrogens (tertiary/aromatic N) is 2. The lowest BCUT2D eigenvalue weighted by atomic mass is 9.70. The number of nitrogens with one attached hydrogen (secondary N) is 1. The fourth-order valence-electron chi connectivity index (χ4n) is 7.35. The number of esters is 1. The highest BCUT2D eigenvalue weighted by Gasteiger charge is 2.75. The standard InChI is InChI=1S/C36H45N3O7/c1-4-6-14-29(41)37-23-24(3)45-35(44)30-28-17-18-36(46-28)31(30)33(42)39(20-10-7-11-21-40)32(36)34(43)38(19-5-2)27-16-15-25-12-8-9-13-26(25)22-27/h4-5,8-9,12-13,15-16,22,24,28,30-32,40H,1-2,6-7,10-11,14,17-21,23H2,3H3,(H,37,41)/t24-,28-,30+,31+,32-,36+/m1/s1. The summed E-state index contributed by atoms with van der Waals surface area (Å²) in [5, 5.41) is 14.1. The van der Waals surface area contributed by atoms with Gasteiger partial charge in [0.25, 0.3) is 5.91 Å². The molecule has 3 saturated heterocycles. The summed E-state index contributed by atoms with van der Waals surface area (Å²) in [6.45, 7) is 9.93. The lowest BCUT2D eigenvalue weighted by Gasteiger charge is -2.37. The van der Waals surface area contributed by atoms with E-state index in [-0.39, 0.29) is 37.4 Å². The number of unbranched alkanes of at least 4 members (excludes halogenated alkanes) is 2. The van der Waals surface area contributed by atoms with Gasteiger partial charge in [-0.1, -0.05) is 42.5 Å². The van der Waals surface area contributed by atoms with E-state index in [1.807, 2.05) is 42.5 Å². The average Bonchev–Trinajstić information content (AvgIpc) is 3.70. The zero-order valence-electron chi connectivity index (χ0n) is 26.6. The molecule has 2 bridgehead atoms. The maximum Gasteiger partial charge on any atom is 0.312 e. The number of hydrogen-bond donors (Lipinski definition) is 2. The first-order valence-corrected chi connectivity index (χ1v) is 16.3. The van der Waals surface area contributed by atoms with E-state index >= 15 is 0 Å². The quantitative estimate of drug-likeness (QED) is 0.164. The molecule has 0 aromatic heterocycles. The Bertz CT molecular complexity index is 1480. The van der Waals surface area contributed by atoms with Crippen LogP contribution in [0.2, 0.25) is 0 Å². The summed E-state index contributed by atoms with van der Waals surface area (Å²) in [6, 6.07) is 12.8. The average molecular weight is 632 g/mol. The second kappa shape index (κ2) is 14.6. The van der Waals surface area contributed by atoms with Crippen LogP contribution in [-0.2, 0) is 28.7 Å². The molecule has 0 aliphatic carbocycles. The Morgan fingerprint density at radius 1 is 1.15 bits per heavy atom. The van der Waals surface area contributed by atoms with Crippen molar-refractivity contribution in [2.24, 2.45) is 11.8 Å². The topological polar surface area (TPSA) is 125 Å². The van der Waals surface area contributed by atoms with E-state index in [0.717, 1.165) is 10.8 Å². The summed E-state index contributed by atoms with van der Waals surface area (Å²) in [5.41, 5.74) is -0.485. The molecule has 1 spiro atoms. The number of rotatable bonds is 16. The minimum absolute atomic E-state index is 0.0452. The van der Waals surface area contributed by atoms with Crippen molar-refractivity contribution >= 4 is 40.2 Å². The van der Waals surface area contributed by atoms with Crippen LogP contribution in [0.3, 0.4) is 0 Å². The Balaban J connectivity index is 1.42. The number of carbonyl (C=O) groups excluding carboxylic acids is 4. The Hall–Kier alpha value is -4.02. The second-order valence-electron chi connectivity index (χ2n) is 12.5. The van der Waals surface area contributed by atoms with Gasteiger partial charge >= 0.3 is 5.97 Å². The number of allylic oxidation sites excluding steroid dienone is 1. The SMILES string of the molecule is C=CCCC(=O)NC[C@@H](C)OC(=O)[C@@H]1[C@H]2C(=O)N(CCCCCO)[C@H](C(=O)N(CC=C)c3ccc4ccccc4c3)[C@]23CC[C@H]1O3. The first-order valence-electron chi connectivity index (χ1n) is 16.3. The molecule has 2 aromatic carbocycles. The molecule has 6 atom stereocenters. The summed E-state index contributed by atoms with van der Waals surface area (Å²) >= 11 is 0. The first kappa shape index (κ1) is 33.3. The molecule has 3 heterocycles. The fourth-order valence-corrected chi connectivity index (χ4v) is 7.35. The van der Waals surface area contributed by atoms with Gasteiger partial charge in [-0.15, -0.1) is 13.2 Å². The first-order chi connectivity index (χ1) is 22.2. The van der Waals surface area contributed by atoms with Crippen molar-refractivity contribution < 1.29 is 33.8 Å². The third-order valence-electron chi connectivity index (χ3n) is 9.47. The predicted molar refractivity (Wildman–Crippen MR) is 175 cm³/mol. The van der Waals surface area contributed by atoms with E-state index in [0.29, 0.717) is 57.2 Å². The summed E-state index contributed by atoms with van der Waals surface area (Å²) < 4.78 is 12.4. The van der Waals surface area contributed by atoms with Crippen LogP contribution >= 0.6 is 0 Å². The van der Waals surface area contributed by atoms with Gasteiger partial charge in [0.05, 0.1) is 24.5 Å². The molecule has 2 aromatic rings. The van der Waals surface area contributed by atoms with Crippen molar-refractivity contribution in [1.29, 1.82) is 0 Å². The maximum atomic E-state index is 14.7. The maximum absolute atomic E-state index is 14.7. The van der Waals surface area contributed by atoms with E-state index in [9.17, 15) is 24.3 Å². The highest BCUT2D eigenvalue weighted by atomic mass is 16.6. The van der Waals surface area contributed by atoms with Gasteiger partial charge in [-0.05, 0) is 68.4 Å². The number of aliphatic hydroxyl groups excluding tert-OH is 1. The van der Waals surface area contributed by atoms with Crippen LogP contribution in [0.4, 0.5) is 5.69 Å². The molecular weight excluding hydrogens is 586 g/mol. The highest BCUT2D eigenvalue weighted by molar-refractivity contribution is 6.05. The van der Waals surface area contributed by atoms with E-state index in [4.69, 9.17) is 9.47 Å². The van der Waals surface area contributed by atoms with Gasteiger partial charge in [-0.25, -0.2) is 0 Å². The lowest BCUT2D eigenvalue weighted by Crippen LogP contribution is -2.56. The van der Waals surface area contributed by atoms with Crippen LogP contribution in [0.25, 0.3) is 10.8 Å². The molecule has 0 saturated carbocycles. The highest BCUT2D eigenvalue weighted by Crippen LogP contribution is 2.59. The van der Waals surface area contributed by atoms with Crippen LogP contribution in [-0.4, -0.2) is 83.8 Å². The lowest BCUT2D eigenvalue weighted by molar-refractivity contribution is -0.159. The molecule has 3 aliphatic rings. The second-order valence-corrected chi connectivity index (χ2v) is 12.5. The normalized spacial score (nSPS) is 25.3. The van der Waals surface area contributed by atoms with Crippen LogP contribution < -0.4 is 10.2 Å². The number of carbonyl (C=O) groups is 4. The molecule has 3 fully saturated rings. The Morgan fingerprint density at radius 2 is 1.93 bits per heavy atom. The van der Waals surface area contributed by atoms with Crippen molar-refractivity contribution in [3.63, 3.8) is 0 Å². The Kier molecular flexibility index (Phi) is 10.6. The smallest absolute Gasteiger partial charge is 0.312 e. The van der Waals surface area contributed by atoms with Crippen LogP contribution in [0.1, 0.15) is 51.9 Å². The van der Waals surface area contributed by atoms with Gasteiger partial charge in [0.2, 0.25) is 11.8 Å². The molecular formula is C36H45N3O7. The van der Waals surface area contributed by atoms with E-state index in [1.54, 1.807) is 28.9 Å². The third-order valence-corrected chi connectivity index (χ3v) is 9.47. The summed E-state index contributed by atoms with van der Waals surface area (Å²) in [7, 11) is 0. The number of hydrogen-bond acceptors (Lipinski definition) is 7. The van der Waals surface area contributed by atoms with Crippen LogP contribution in [0, 0.1) is 11.8 Å². The summed E-state index contributed by atoms with van der Waals surface area (Å²) in [6.07, 6.45) is 5.88. The molecule has 10 nitrogen and oxygen atoms in total. The van der Waals surface area contributed by atoms with Gasteiger partial charge in [0.15, 0.2) is 0 Å². The van der Waals surface area contributed by atoms with Gasteiger partial charge < -0.3 is 29.7 Å². The van der Waals surface area contributed by atoms with Crippen molar-refractivity contribution in [3.05, 3.63) is 67.8 Å². The Labute approximate surface area is 270 Å². The molecule has 0 radical (unpaired) electrons. The molecule has 3 aliphatic heterocycles. The fraction of sp³-hybridized carbons (Fsp3) is 0.500. The van der Waals surface area contributed by atoms with E-state index in [2.05, 4.69) is 18.5 Å². The van der Waals surface area contributed by atoms with Gasteiger partial charge in [0, 0.05) is 31.8 Å². The number of amides is 3. The van der Waals surface area contributed by atoms with Crippen molar-refractivity contribution in [1.82, 2.24) is 10.2 Å². The van der Waals surface area contributed by atoms with Gasteiger partial charge in [-0.2, -0.15) is 0 Å². The van der Waals surface area contributed by atoms with Crippen molar-refractivity contribution in [2.45, 2.75) is 75.7 Å². The predicted octanol–water partition coefficient (Wildman–Crippen LogP) is 3.91. The number of ether oxygens (including phenoxy) is 2. The minimum Gasteiger partial charge on any atom is -0.460 e. The number of benzene rings is 2. The zero-order chi connectivity index (χ0) is 32.8. The monoisotopic (exact) mass is 631 g/mol. The van der Waals surface area contributed by atoms with Crippen LogP contribution in [0.5, 0.6) is 0 Å². The number of likely N-dealkylation sites (tertiary alicyclic amines) is 1. The van der Waals surface area contributed by atoms with E-state index < -0.39 is 41.7 Å². The van der Waals surface area contributed by atoms with Crippen molar-refractivity contribution in [3.8, 4) is 0 Å². The summed E-state index contributed by atoms with van der Waals surface area (Å²) in [5.74, 6) is -2.99. The molecule has 0 unspecified atom stereocenters. The number of aliphatic hydroxyl groups is 1. The molecule has 46 heavy (non-hydrogen) atoms.